The molecule has 1 unspecified atom stereocenters. The summed E-state index contributed by atoms with van der Waals surface area (Å²) in [6.07, 6.45) is -0.748. The van der Waals surface area contributed by atoms with Crippen molar-refractivity contribution in [1.29, 1.82) is 0 Å². The van der Waals surface area contributed by atoms with Crippen LogP contribution in [-0.2, 0) is 36.9 Å². The van der Waals surface area contributed by atoms with Gasteiger partial charge in [-0.15, -0.1) is 11.3 Å². The van der Waals surface area contributed by atoms with E-state index in [9.17, 15) is 23.9 Å². The summed E-state index contributed by atoms with van der Waals surface area (Å²) in [5, 5.41) is 16.4. The predicted octanol–water partition coefficient (Wildman–Crippen LogP) is 5.06. The van der Waals surface area contributed by atoms with Crippen LogP contribution in [0.5, 0.6) is 0 Å². The molecule has 3 aliphatic heterocycles. The number of aryl methyl sites for hydroxylation is 2. The number of hydrogen-bond acceptors (Lipinski definition) is 12. The molecule has 4 heterocycles. The highest BCUT2D eigenvalue weighted by Gasteiger charge is 2.44. The molecule has 0 spiro atoms. The summed E-state index contributed by atoms with van der Waals surface area (Å²) in [5.41, 5.74) is 8.40. The van der Waals surface area contributed by atoms with Crippen molar-refractivity contribution < 1.29 is 33.4 Å². The van der Waals surface area contributed by atoms with Gasteiger partial charge >= 0.3 is 0 Å². The van der Waals surface area contributed by atoms with E-state index in [1.807, 2.05) is 70.5 Å². The highest BCUT2D eigenvalue weighted by molar-refractivity contribution is 7.13. The molecule has 5 atom stereocenters. The predicted molar refractivity (Wildman–Crippen MR) is 265 cm³/mol. The molecule has 3 aromatic carbocycles. The molecule has 0 aliphatic carbocycles. The van der Waals surface area contributed by atoms with Gasteiger partial charge in [-0.3, -0.25) is 24.2 Å². The lowest BCUT2D eigenvalue weighted by Gasteiger charge is -2.36. The highest BCUT2D eigenvalue weighted by atomic mass is 32.1. The third kappa shape index (κ3) is 13.1. The first-order chi connectivity index (χ1) is 32.5. The molecule has 14 nitrogen and oxygen atoms in total. The third-order valence-electron chi connectivity index (χ3n) is 13.7. The van der Waals surface area contributed by atoms with Gasteiger partial charge in [0.15, 0.2) is 0 Å². The maximum Gasteiger partial charge on any atom is 0.246 e. The minimum absolute atomic E-state index is 0.000707. The molecule has 3 amide bonds. The Hall–Kier alpha value is -4.81. The molecular formula is C52H71FN8O6S. The van der Waals surface area contributed by atoms with E-state index in [0.29, 0.717) is 31.7 Å². The van der Waals surface area contributed by atoms with Crippen molar-refractivity contribution in [3.63, 3.8) is 0 Å². The SMILES string of the molecule is Cc1cccc(F)c1CN1C[C@H](c2ccc(N3CCN(CCOCCOCC(=O)NC(C(=O)N4C[C@H](O)C[C@H]4C(=O)NCc4ccc(-c5scnc5C)cc4)C(C)(C)C)CC3)cc2)[C@@H](N(C)C)C1. The fourth-order valence-corrected chi connectivity index (χ4v) is 10.5. The Morgan fingerprint density at radius 2 is 1.63 bits per heavy atom. The summed E-state index contributed by atoms with van der Waals surface area (Å²) in [6.45, 7) is 17.5. The molecule has 4 aromatic rings. The second-order valence-electron chi connectivity index (χ2n) is 19.9. The fraction of sp³-hybridized carbons (Fsp3) is 0.538. The monoisotopic (exact) mass is 955 g/mol. The number of carbonyl (C=O) groups excluding carboxylic acids is 3. The van der Waals surface area contributed by atoms with E-state index in [1.54, 1.807) is 23.5 Å². The van der Waals surface area contributed by atoms with Crippen LogP contribution in [0.3, 0.4) is 0 Å². The van der Waals surface area contributed by atoms with Gasteiger partial charge in [-0.05, 0) is 73.8 Å². The van der Waals surface area contributed by atoms with Gasteiger partial charge in [0.2, 0.25) is 17.7 Å². The number of piperazine rings is 1. The average molecular weight is 955 g/mol. The van der Waals surface area contributed by atoms with E-state index in [2.05, 4.69) is 73.6 Å². The molecule has 68 heavy (non-hydrogen) atoms. The van der Waals surface area contributed by atoms with Crippen molar-refractivity contribution in [3.8, 4) is 10.4 Å². The Bertz CT molecular complexity index is 2280. The number of likely N-dealkylation sites (N-methyl/N-ethyl adjacent to an activating group) is 1. The first kappa shape index (κ1) is 51.1. The average Bonchev–Trinajstić information content (AvgIpc) is 4.06. The first-order valence-electron chi connectivity index (χ1n) is 24.0. The van der Waals surface area contributed by atoms with Crippen molar-refractivity contribution in [3.05, 3.63) is 106 Å². The normalized spacial score (nSPS) is 20.9. The van der Waals surface area contributed by atoms with E-state index in [-0.39, 0.29) is 44.4 Å². The number of likely N-dealkylation sites (tertiary alicyclic amines) is 2. The standard InChI is InChI=1S/C52H71FN8O6S/c1-35-9-8-10-44(53)42(35)30-59-31-43(46(32-59)57(6)7)38-15-17-40(18-16-38)60-21-19-58(20-22-60)23-24-66-25-26-67-33-47(63)56-49(52(3,4)5)51(65)61-29-41(62)27-45(61)50(64)54-28-37-11-13-39(14-12-37)48-36(2)55-34-68-48/h8-18,34,41,43,45-46,49,62H,19-33H2,1-7H3,(H,54,64)(H,56,63)/t41-,43-,45+,46+,49?/m1/s1. The van der Waals surface area contributed by atoms with Crippen LogP contribution in [0.25, 0.3) is 10.4 Å². The molecule has 0 bridgehead atoms. The Labute approximate surface area is 405 Å². The third-order valence-corrected chi connectivity index (χ3v) is 14.7. The number of halogens is 1. The van der Waals surface area contributed by atoms with Crippen molar-refractivity contribution in [2.75, 3.05) is 97.8 Å². The largest absolute Gasteiger partial charge is 0.391 e. The van der Waals surface area contributed by atoms with Gasteiger partial charge < -0.3 is 39.9 Å². The number of rotatable bonds is 19. The Morgan fingerprint density at radius 3 is 2.29 bits per heavy atom. The molecule has 3 N–H and O–H groups in total. The Balaban J connectivity index is 0.785. The minimum Gasteiger partial charge on any atom is -0.391 e. The summed E-state index contributed by atoms with van der Waals surface area (Å²) >= 11 is 1.58. The second kappa shape index (κ2) is 23.2. The molecule has 3 saturated heterocycles. The van der Waals surface area contributed by atoms with Crippen molar-refractivity contribution in [1.82, 2.24) is 35.2 Å². The molecule has 3 aliphatic rings. The summed E-state index contributed by atoms with van der Waals surface area (Å²) in [6, 6.07) is 20.8. The summed E-state index contributed by atoms with van der Waals surface area (Å²) in [7, 11) is 4.27. The molecule has 0 radical (unpaired) electrons. The van der Waals surface area contributed by atoms with Crippen LogP contribution in [0.1, 0.15) is 61.1 Å². The van der Waals surface area contributed by atoms with Crippen molar-refractivity contribution in [2.24, 2.45) is 5.41 Å². The van der Waals surface area contributed by atoms with Gasteiger partial charge in [0.1, 0.15) is 24.5 Å². The number of ether oxygens (including phenoxy) is 2. The number of amides is 3. The fourth-order valence-electron chi connectivity index (χ4n) is 9.66. The smallest absolute Gasteiger partial charge is 0.246 e. The number of thiazole rings is 1. The van der Waals surface area contributed by atoms with E-state index in [1.165, 1.54) is 16.2 Å². The number of aromatic nitrogens is 1. The summed E-state index contributed by atoms with van der Waals surface area (Å²) in [5.74, 6) is -1.01. The van der Waals surface area contributed by atoms with Gasteiger partial charge in [-0.1, -0.05) is 69.3 Å². The second-order valence-corrected chi connectivity index (χ2v) is 20.8. The molecule has 16 heteroatoms. The summed E-state index contributed by atoms with van der Waals surface area (Å²) < 4.78 is 26.2. The lowest BCUT2D eigenvalue weighted by Crippen LogP contribution is -2.58. The zero-order chi connectivity index (χ0) is 48.5. The first-order valence-corrected chi connectivity index (χ1v) is 24.8. The van der Waals surface area contributed by atoms with E-state index >= 15 is 0 Å². The molecule has 0 saturated carbocycles. The number of aliphatic hydroxyl groups excluding tert-OH is 1. The number of aliphatic hydroxyl groups is 1. The van der Waals surface area contributed by atoms with E-state index < -0.39 is 35.4 Å². The van der Waals surface area contributed by atoms with Crippen LogP contribution in [0.2, 0.25) is 0 Å². The number of nitrogens with one attached hydrogen (secondary N) is 2. The molecule has 3 fully saturated rings. The quantitative estimate of drug-likeness (QED) is 0.109. The van der Waals surface area contributed by atoms with Gasteiger partial charge in [-0.2, -0.15) is 0 Å². The molecular weight excluding hydrogens is 884 g/mol. The van der Waals surface area contributed by atoms with Gasteiger partial charge in [0, 0.05) is 95.1 Å². The van der Waals surface area contributed by atoms with Crippen LogP contribution >= 0.6 is 11.3 Å². The number of anilines is 1. The van der Waals surface area contributed by atoms with Crippen LogP contribution in [0.4, 0.5) is 10.1 Å². The molecule has 7 rings (SSSR count). The lowest BCUT2D eigenvalue weighted by molar-refractivity contribution is -0.144. The number of nitrogens with zero attached hydrogens (tertiary/aromatic N) is 6. The van der Waals surface area contributed by atoms with Crippen LogP contribution in [0, 0.1) is 25.1 Å². The Kier molecular flexibility index (Phi) is 17.4. The lowest BCUT2D eigenvalue weighted by atomic mass is 9.85. The zero-order valence-electron chi connectivity index (χ0n) is 40.9. The molecule has 1 aromatic heterocycles. The van der Waals surface area contributed by atoms with Gasteiger partial charge in [-0.25, -0.2) is 9.37 Å². The maximum absolute atomic E-state index is 14.7. The number of carbonyl (C=O) groups is 3. The van der Waals surface area contributed by atoms with Crippen molar-refractivity contribution in [2.45, 2.75) is 84.3 Å². The van der Waals surface area contributed by atoms with Crippen LogP contribution in [-0.4, -0.2) is 165 Å². The number of benzene rings is 3. The number of β-amino-alcohol motifs (C(OH)–C–C–N with tert-alkyl or cyclic N) is 1. The van der Waals surface area contributed by atoms with Crippen LogP contribution < -0.4 is 15.5 Å². The molecule has 368 valence electrons. The van der Waals surface area contributed by atoms with E-state index in [0.717, 1.165) is 78.6 Å². The maximum atomic E-state index is 14.7. The topological polar surface area (TPSA) is 143 Å². The highest BCUT2D eigenvalue weighted by Crippen LogP contribution is 2.34. The van der Waals surface area contributed by atoms with Crippen LogP contribution in [0.15, 0.2) is 72.2 Å². The number of hydrogen-bond donors (Lipinski definition) is 3. The van der Waals surface area contributed by atoms with E-state index in [4.69, 9.17) is 9.47 Å². The Morgan fingerprint density at radius 1 is 0.912 bits per heavy atom. The van der Waals surface area contributed by atoms with Crippen molar-refractivity contribution >= 4 is 34.7 Å². The summed E-state index contributed by atoms with van der Waals surface area (Å²) in [4.78, 5) is 56.9. The minimum atomic E-state index is -0.943. The van der Waals surface area contributed by atoms with Gasteiger partial charge in [0.05, 0.1) is 42.0 Å². The van der Waals surface area contributed by atoms with Gasteiger partial charge in [0.25, 0.3) is 0 Å². The zero-order valence-corrected chi connectivity index (χ0v) is 41.7.